The Morgan fingerprint density at radius 1 is 1.20 bits per heavy atom. The standard InChI is InChI=1S/C25H30ClN3O6/c1-33-23-12-19-20(13-24(23)35-10-9-34-18-6-4-16(26)5-7-18)28-15-29(25(19)32)14-17(30)11-21-22(31)3-2-8-27-21/h4-7,12-13,15,17,21-22,27,30-31H,2-3,8-11,14H2,1H3. The summed E-state index contributed by atoms with van der Waals surface area (Å²) >= 11 is 5.88. The summed E-state index contributed by atoms with van der Waals surface area (Å²) in [5, 5.41) is 24.9. The molecule has 0 amide bonds. The summed E-state index contributed by atoms with van der Waals surface area (Å²) in [6.45, 7) is 1.45. The average molecular weight is 504 g/mol. The van der Waals surface area contributed by atoms with Crippen LogP contribution < -0.4 is 25.1 Å². The first-order chi connectivity index (χ1) is 16.9. The highest BCUT2D eigenvalue weighted by Crippen LogP contribution is 2.30. The van der Waals surface area contributed by atoms with E-state index in [4.69, 9.17) is 25.8 Å². The van der Waals surface area contributed by atoms with Crippen molar-refractivity contribution in [2.24, 2.45) is 0 Å². The van der Waals surface area contributed by atoms with Crippen molar-refractivity contribution in [2.75, 3.05) is 26.9 Å². The van der Waals surface area contributed by atoms with Gasteiger partial charge in [-0.3, -0.25) is 9.36 Å². The van der Waals surface area contributed by atoms with Gasteiger partial charge >= 0.3 is 0 Å². The van der Waals surface area contributed by atoms with Gasteiger partial charge in [0.1, 0.15) is 19.0 Å². The number of aliphatic hydroxyl groups is 2. The monoisotopic (exact) mass is 503 g/mol. The smallest absolute Gasteiger partial charge is 0.261 e. The van der Waals surface area contributed by atoms with Crippen LogP contribution in [0.25, 0.3) is 10.9 Å². The molecule has 3 aromatic rings. The summed E-state index contributed by atoms with van der Waals surface area (Å²) in [6.07, 6.45) is 2.08. The van der Waals surface area contributed by atoms with Gasteiger partial charge in [0.25, 0.3) is 5.56 Å². The van der Waals surface area contributed by atoms with E-state index in [2.05, 4.69) is 10.3 Å². The molecule has 0 saturated carbocycles. The lowest BCUT2D eigenvalue weighted by Crippen LogP contribution is -2.47. The predicted octanol–water partition coefficient (Wildman–Crippen LogP) is 2.38. The number of ether oxygens (including phenoxy) is 3. The van der Waals surface area contributed by atoms with Crippen molar-refractivity contribution in [2.45, 2.75) is 44.1 Å². The maximum absolute atomic E-state index is 13.1. The number of hydrogen-bond donors (Lipinski definition) is 3. The number of hydrogen-bond acceptors (Lipinski definition) is 8. The van der Waals surface area contributed by atoms with E-state index in [0.717, 1.165) is 13.0 Å². The number of benzene rings is 2. The molecule has 3 N–H and O–H groups in total. The Kier molecular flexibility index (Phi) is 8.46. The topological polar surface area (TPSA) is 115 Å². The largest absolute Gasteiger partial charge is 0.493 e. The highest BCUT2D eigenvalue weighted by molar-refractivity contribution is 6.30. The molecule has 0 bridgehead atoms. The van der Waals surface area contributed by atoms with E-state index < -0.39 is 12.2 Å². The van der Waals surface area contributed by atoms with Gasteiger partial charge in [-0.05, 0) is 56.1 Å². The normalized spacial score (nSPS) is 18.9. The van der Waals surface area contributed by atoms with Crippen molar-refractivity contribution in [3.63, 3.8) is 0 Å². The van der Waals surface area contributed by atoms with E-state index in [-0.39, 0.29) is 24.8 Å². The highest BCUT2D eigenvalue weighted by atomic mass is 35.5. The molecule has 3 unspecified atom stereocenters. The molecule has 1 saturated heterocycles. The Hall–Kier alpha value is -2.85. The number of methoxy groups -OCH3 is 1. The van der Waals surface area contributed by atoms with Gasteiger partial charge in [-0.2, -0.15) is 0 Å². The van der Waals surface area contributed by atoms with Crippen LogP contribution in [0.5, 0.6) is 17.2 Å². The number of aromatic nitrogens is 2. The van der Waals surface area contributed by atoms with Crippen LogP contribution in [0.15, 0.2) is 47.5 Å². The first kappa shape index (κ1) is 25.2. The van der Waals surface area contributed by atoms with Gasteiger partial charge in [-0.25, -0.2) is 4.98 Å². The van der Waals surface area contributed by atoms with Gasteiger partial charge in [0, 0.05) is 17.1 Å². The van der Waals surface area contributed by atoms with Gasteiger partial charge in [0.2, 0.25) is 0 Å². The number of nitrogens with zero attached hydrogens (tertiary/aromatic N) is 2. The summed E-state index contributed by atoms with van der Waals surface area (Å²) in [4.78, 5) is 17.4. The molecular formula is C25H30ClN3O6. The fourth-order valence-electron chi connectivity index (χ4n) is 4.18. The van der Waals surface area contributed by atoms with E-state index in [1.54, 1.807) is 36.4 Å². The predicted molar refractivity (Wildman–Crippen MR) is 133 cm³/mol. The summed E-state index contributed by atoms with van der Waals surface area (Å²) in [7, 11) is 1.50. The van der Waals surface area contributed by atoms with Crippen LogP contribution in [-0.4, -0.2) is 64.9 Å². The maximum atomic E-state index is 13.1. The molecule has 0 aliphatic carbocycles. The van der Waals surface area contributed by atoms with Crippen molar-refractivity contribution in [3.8, 4) is 17.2 Å². The van der Waals surface area contributed by atoms with Crippen LogP contribution >= 0.6 is 11.6 Å². The number of fused-ring (bicyclic) bond motifs is 1. The van der Waals surface area contributed by atoms with E-state index >= 15 is 0 Å². The van der Waals surface area contributed by atoms with Crippen molar-refractivity contribution in [1.29, 1.82) is 0 Å². The third-order valence-corrected chi connectivity index (χ3v) is 6.27. The zero-order valence-corrected chi connectivity index (χ0v) is 20.3. The molecule has 10 heteroatoms. The number of rotatable bonds is 10. The quantitative estimate of drug-likeness (QED) is 0.361. The minimum atomic E-state index is -0.803. The van der Waals surface area contributed by atoms with Crippen LogP contribution in [0.1, 0.15) is 19.3 Å². The SMILES string of the molecule is COc1cc2c(=O)n(CC(O)CC3NCCCC3O)cnc2cc1OCCOc1ccc(Cl)cc1. The fourth-order valence-corrected chi connectivity index (χ4v) is 4.31. The molecule has 188 valence electrons. The molecule has 4 rings (SSSR count). The molecular weight excluding hydrogens is 474 g/mol. The first-order valence-electron chi connectivity index (χ1n) is 11.6. The van der Waals surface area contributed by atoms with Crippen molar-refractivity contribution in [1.82, 2.24) is 14.9 Å². The molecule has 1 aromatic heterocycles. The minimum absolute atomic E-state index is 0.0786. The lowest BCUT2D eigenvalue weighted by atomic mass is 9.96. The average Bonchev–Trinajstić information content (AvgIpc) is 2.86. The van der Waals surface area contributed by atoms with Gasteiger partial charge < -0.3 is 29.7 Å². The lowest BCUT2D eigenvalue weighted by Gasteiger charge is -2.30. The minimum Gasteiger partial charge on any atom is -0.493 e. The third kappa shape index (κ3) is 6.43. The summed E-state index contributed by atoms with van der Waals surface area (Å²) in [6, 6.07) is 10.1. The summed E-state index contributed by atoms with van der Waals surface area (Å²) in [5.74, 6) is 1.53. The second kappa shape index (κ2) is 11.7. The Balaban J connectivity index is 1.41. The number of piperidine rings is 1. The van der Waals surface area contributed by atoms with Crippen molar-refractivity contribution < 1.29 is 24.4 Å². The van der Waals surface area contributed by atoms with Crippen molar-refractivity contribution in [3.05, 3.63) is 58.1 Å². The van der Waals surface area contributed by atoms with Crippen LogP contribution in [0.3, 0.4) is 0 Å². The molecule has 35 heavy (non-hydrogen) atoms. The molecule has 1 fully saturated rings. The fraction of sp³-hybridized carbons (Fsp3) is 0.440. The molecule has 1 aliphatic rings. The third-order valence-electron chi connectivity index (χ3n) is 6.01. The van der Waals surface area contributed by atoms with Crippen LogP contribution in [-0.2, 0) is 6.54 Å². The van der Waals surface area contributed by atoms with E-state index in [1.165, 1.54) is 18.0 Å². The molecule has 0 spiro atoms. The highest BCUT2D eigenvalue weighted by Gasteiger charge is 2.25. The van der Waals surface area contributed by atoms with Gasteiger partial charge in [-0.1, -0.05) is 11.6 Å². The van der Waals surface area contributed by atoms with Gasteiger partial charge in [-0.15, -0.1) is 0 Å². The first-order valence-corrected chi connectivity index (χ1v) is 12.0. The Labute approximate surface area is 208 Å². The zero-order valence-electron chi connectivity index (χ0n) is 19.5. The van der Waals surface area contributed by atoms with Crippen LogP contribution in [0, 0.1) is 0 Å². The molecule has 9 nitrogen and oxygen atoms in total. The summed E-state index contributed by atoms with van der Waals surface area (Å²) in [5.41, 5.74) is 0.168. The zero-order chi connectivity index (χ0) is 24.8. The Bertz CT molecular complexity index is 1190. The molecule has 3 atom stereocenters. The van der Waals surface area contributed by atoms with E-state index in [1.807, 2.05) is 0 Å². The van der Waals surface area contributed by atoms with E-state index in [9.17, 15) is 15.0 Å². The maximum Gasteiger partial charge on any atom is 0.261 e. The Morgan fingerprint density at radius 2 is 1.97 bits per heavy atom. The molecule has 1 aliphatic heterocycles. The second-order valence-corrected chi connectivity index (χ2v) is 8.97. The number of nitrogens with one attached hydrogen (secondary N) is 1. The van der Waals surface area contributed by atoms with Crippen LogP contribution in [0.2, 0.25) is 5.02 Å². The van der Waals surface area contributed by atoms with Crippen LogP contribution in [0.4, 0.5) is 0 Å². The second-order valence-electron chi connectivity index (χ2n) is 8.53. The van der Waals surface area contributed by atoms with E-state index in [0.29, 0.717) is 52.6 Å². The number of aliphatic hydroxyl groups excluding tert-OH is 2. The molecule has 2 heterocycles. The van der Waals surface area contributed by atoms with Gasteiger partial charge in [0.15, 0.2) is 11.5 Å². The lowest BCUT2D eigenvalue weighted by molar-refractivity contribution is 0.0539. The number of halogens is 1. The van der Waals surface area contributed by atoms with Gasteiger partial charge in [0.05, 0.1) is 43.1 Å². The molecule has 2 aromatic carbocycles. The van der Waals surface area contributed by atoms with Crippen molar-refractivity contribution >= 4 is 22.5 Å². The molecule has 0 radical (unpaired) electrons. The Morgan fingerprint density at radius 3 is 2.71 bits per heavy atom. The summed E-state index contributed by atoms with van der Waals surface area (Å²) < 4.78 is 18.3.